The second kappa shape index (κ2) is 2.20. The summed E-state index contributed by atoms with van der Waals surface area (Å²) < 4.78 is 4.53. The van der Waals surface area contributed by atoms with E-state index in [0.717, 1.165) is 0 Å². The number of hydrogen-bond donors (Lipinski definition) is 2. The topological polar surface area (TPSA) is 75.8 Å². The summed E-state index contributed by atoms with van der Waals surface area (Å²) in [6.07, 6.45) is -1.06. The molecule has 1 rings (SSSR count). The third kappa shape index (κ3) is 1.11. The lowest BCUT2D eigenvalue weighted by Crippen LogP contribution is -2.25. The van der Waals surface area contributed by atoms with E-state index in [-0.39, 0.29) is 19.2 Å². The molecule has 0 aromatic heterocycles. The monoisotopic (exact) mass is 132 g/mol. The molecule has 0 bridgehead atoms. The maximum absolute atomic E-state index is 10.3. The van der Waals surface area contributed by atoms with Crippen LogP contribution < -0.4 is 5.73 Å². The van der Waals surface area contributed by atoms with Crippen LogP contribution in [0.4, 0.5) is 4.79 Å². The van der Waals surface area contributed by atoms with Crippen LogP contribution in [0, 0.1) is 0 Å². The summed E-state index contributed by atoms with van der Waals surface area (Å²) in [5.41, 5.74) is 5.14. The molecule has 5 nitrogen and oxygen atoms in total. The molecule has 52 valence electrons. The van der Waals surface area contributed by atoms with Crippen LogP contribution >= 0.6 is 0 Å². The van der Waals surface area contributed by atoms with Crippen LogP contribution in [-0.2, 0) is 4.74 Å². The van der Waals surface area contributed by atoms with Gasteiger partial charge in [-0.25, -0.2) is 4.79 Å². The van der Waals surface area contributed by atoms with Crippen LogP contribution in [0.1, 0.15) is 0 Å². The summed E-state index contributed by atoms with van der Waals surface area (Å²) in [7, 11) is 0. The molecule has 1 atom stereocenters. The van der Waals surface area contributed by atoms with Crippen molar-refractivity contribution in [3.63, 3.8) is 0 Å². The number of carbonyl (C=O) groups is 1. The average molecular weight is 132 g/mol. The van der Waals surface area contributed by atoms with Gasteiger partial charge >= 0.3 is 6.09 Å². The van der Waals surface area contributed by atoms with Gasteiger partial charge in [0.1, 0.15) is 6.10 Å². The Hall–Kier alpha value is -0.810. The molecule has 1 aliphatic heterocycles. The molecule has 5 heteroatoms. The largest absolute Gasteiger partial charge is 0.441 e. The molecule has 0 spiro atoms. The molecule has 0 aromatic rings. The van der Waals surface area contributed by atoms with Crippen LogP contribution in [0.25, 0.3) is 0 Å². The van der Waals surface area contributed by atoms with Gasteiger partial charge in [-0.2, -0.15) is 5.06 Å². The Labute approximate surface area is 52.0 Å². The molecule has 0 saturated carbocycles. The fourth-order valence-electron chi connectivity index (χ4n) is 0.631. The minimum atomic E-state index is -0.717. The highest BCUT2D eigenvalue weighted by molar-refractivity contribution is 5.68. The van der Waals surface area contributed by atoms with Crippen LogP contribution in [0.5, 0.6) is 0 Å². The summed E-state index contributed by atoms with van der Waals surface area (Å²) in [6.45, 7) is 0.429. The quantitative estimate of drug-likeness (QED) is 0.456. The van der Waals surface area contributed by atoms with Crippen molar-refractivity contribution in [2.75, 3.05) is 13.1 Å². The Balaban J connectivity index is 2.44. The van der Waals surface area contributed by atoms with Crippen molar-refractivity contribution in [2.45, 2.75) is 6.10 Å². The highest BCUT2D eigenvalue weighted by Crippen LogP contribution is 2.05. The van der Waals surface area contributed by atoms with E-state index in [4.69, 9.17) is 10.9 Å². The number of hydrogen-bond acceptors (Lipinski definition) is 4. The molecule has 1 amide bonds. The van der Waals surface area contributed by atoms with Gasteiger partial charge in [-0.15, -0.1) is 0 Å². The molecule has 9 heavy (non-hydrogen) atoms. The molecular formula is C4H8N2O3. The summed E-state index contributed by atoms with van der Waals surface area (Å²) in [5.74, 6) is 0. The first kappa shape index (κ1) is 6.31. The van der Waals surface area contributed by atoms with Crippen LogP contribution in [0.3, 0.4) is 0 Å². The number of cyclic esters (lactones) is 1. The fourth-order valence-corrected chi connectivity index (χ4v) is 0.631. The lowest BCUT2D eigenvalue weighted by molar-refractivity contribution is -0.0311. The van der Waals surface area contributed by atoms with Crippen LogP contribution in [0.15, 0.2) is 0 Å². The van der Waals surface area contributed by atoms with Crippen molar-refractivity contribution in [1.82, 2.24) is 5.06 Å². The van der Waals surface area contributed by atoms with Gasteiger partial charge in [0, 0.05) is 6.54 Å². The number of rotatable bonds is 1. The van der Waals surface area contributed by atoms with E-state index in [1.807, 2.05) is 0 Å². The Kier molecular flexibility index (Phi) is 1.54. The normalized spacial score (nSPS) is 26.7. The third-order valence-electron chi connectivity index (χ3n) is 1.12. The lowest BCUT2D eigenvalue weighted by Gasteiger charge is -1.99. The molecule has 1 fully saturated rings. The smallest absolute Gasteiger partial charge is 0.434 e. The van der Waals surface area contributed by atoms with E-state index in [1.54, 1.807) is 0 Å². The predicted molar refractivity (Wildman–Crippen MR) is 27.8 cm³/mol. The first-order valence-electron chi connectivity index (χ1n) is 2.61. The van der Waals surface area contributed by atoms with E-state index in [2.05, 4.69) is 4.74 Å². The fraction of sp³-hybridized carbons (Fsp3) is 0.750. The first-order valence-corrected chi connectivity index (χ1v) is 2.61. The van der Waals surface area contributed by atoms with Gasteiger partial charge in [0.05, 0.1) is 6.54 Å². The highest BCUT2D eigenvalue weighted by Gasteiger charge is 2.28. The summed E-state index contributed by atoms with van der Waals surface area (Å²) in [4.78, 5) is 10.3. The second-order valence-electron chi connectivity index (χ2n) is 1.82. The number of nitrogens with zero attached hydrogens (tertiary/aromatic N) is 1. The maximum atomic E-state index is 10.3. The summed E-state index contributed by atoms with van der Waals surface area (Å²) in [5, 5.41) is 9.11. The Morgan fingerprint density at radius 1 is 2.00 bits per heavy atom. The Morgan fingerprint density at radius 2 is 2.67 bits per heavy atom. The molecular weight excluding hydrogens is 124 g/mol. The average Bonchev–Trinajstić information content (AvgIpc) is 2.13. The van der Waals surface area contributed by atoms with Crippen LogP contribution in [-0.4, -0.2) is 35.6 Å². The van der Waals surface area contributed by atoms with Gasteiger partial charge in [-0.05, 0) is 0 Å². The minimum absolute atomic E-state index is 0.176. The van der Waals surface area contributed by atoms with Gasteiger partial charge < -0.3 is 10.5 Å². The Morgan fingerprint density at radius 3 is 2.89 bits per heavy atom. The zero-order chi connectivity index (χ0) is 6.85. The van der Waals surface area contributed by atoms with Crippen molar-refractivity contribution in [3.05, 3.63) is 0 Å². The van der Waals surface area contributed by atoms with Gasteiger partial charge in [-0.3, -0.25) is 5.21 Å². The standard InChI is InChI=1S/C4H8N2O3/c5-1-3-2-6(8)4(7)9-3/h3,8H,1-2,5H2. The molecule has 1 unspecified atom stereocenters. The second-order valence-corrected chi connectivity index (χ2v) is 1.82. The molecule has 0 aromatic carbocycles. The van der Waals surface area contributed by atoms with E-state index >= 15 is 0 Å². The number of hydroxylamine groups is 2. The minimum Gasteiger partial charge on any atom is -0.441 e. The molecule has 0 aliphatic carbocycles. The van der Waals surface area contributed by atoms with Crippen molar-refractivity contribution in [1.29, 1.82) is 0 Å². The van der Waals surface area contributed by atoms with Crippen molar-refractivity contribution >= 4 is 6.09 Å². The van der Waals surface area contributed by atoms with Gasteiger partial charge in [0.15, 0.2) is 0 Å². The molecule has 3 N–H and O–H groups in total. The van der Waals surface area contributed by atoms with Gasteiger partial charge in [0.2, 0.25) is 0 Å². The Bertz CT molecular complexity index is 127. The SMILES string of the molecule is NCC1CN(O)C(=O)O1. The molecule has 0 radical (unpaired) electrons. The maximum Gasteiger partial charge on any atom is 0.434 e. The number of nitrogens with two attached hydrogens (primary N) is 1. The van der Waals surface area contributed by atoms with Gasteiger partial charge in [-0.1, -0.05) is 0 Å². The first-order chi connectivity index (χ1) is 4.24. The number of carbonyl (C=O) groups excluding carboxylic acids is 1. The third-order valence-corrected chi connectivity index (χ3v) is 1.12. The van der Waals surface area contributed by atoms with Crippen molar-refractivity contribution < 1.29 is 14.7 Å². The van der Waals surface area contributed by atoms with E-state index in [9.17, 15) is 4.79 Å². The molecule has 1 saturated heterocycles. The highest BCUT2D eigenvalue weighted by atomic mass is 16.7. The lowest BCUT2D eigenvalue weighted by atomic mass is 10.4. The number of amides is 1. The molecule has 1 heterocycles. The van der Waals surface area contributed by atoms with Crippen molar-refractivity contribution in [2.24, 2.45) is 5.73 Å². The van der Waals surface area contributed by atoms with E-state index in [1.165, 1.54) is 0 Å². The molecule has 1 aliphatic rings. The summed E-state index contributed by atoms with van der Waals surface area (Å²) >= 11 is 0. The van der Waals surface area contributed by atoms with E-state index in [0.29, 0.717) is 5.06 Å². The zero-order valence-corrected chi connectivity index (χ0v) is 4.78. The van der Waals surface area contributed by atoms with Crippen LogP contribution in [0.2, 0.25) is 0 Å². The zero-order valence-electron chi connectivity index (χ0n) is 4.78. The summed E-state index contributed by atoms with van der Waals surface area (Å²) in [6, 6.07) is 0. The number of ether oxygens (including phenoxy) is 1. The van der Waals surface area contributed by atoms with E-state index < -0.39 is 6.09 Å². The van der Waals surface area contributed by atoms with Gasteiger partial charge in [0.25, 0.3) is 0 Å². The van der Waals surface area contributed by atoms with Crippen molar-refractivity contribution in [3.8, 4) is 0 Å². The predicted octanol–water partition coefficient (Wildman–Crippen LogP) is -0.845.